The Kier molecular flexibility index (Phi) is 5.27. The summed E-state index contributed by atoms with van der Waals surface area (Å²) in [5.74, 6) is 0.0675. The van der Waals surface area contributed by atoms with Gasteiger partial charge in [0.25, 0.3) is 0 Å². The summed E-state index contributed by atoms with van der Waals surface area (Å²) in [5.41, 5.74) is 12.1. The third-order valence-electron chi connectivity index (χ3n) is 8.04. The van der Waals surface area contributed by atoms with Gasteiger partial charge in [-0.05, 0) is 97.1 Å². The van der Waals surface area contributed by atoms with Gasteiger partial charge in [0, 0.05) is 45.2 Å². The van der Waals surface area contributed by atoms with Gasteiger partial charge in [0.1, 0.15) is 11.1 Å². The van der Waals surface area contributed by atoms with E-state index >= 15 is 0 Å². The van der Waals surface area contributed by atoms with Gasteiger partial charge in [0.05, 0.1) is 22.6 Å². The summed E-state index contributed by atoms with van der Waals surface area (Å²) in [5, 5.41) is 2.02. The number of fused-ring (bicyclic) bond motifs is 7. The highest BCUT2D eigenvalue weighted by atomic mass is 32.1. The molecule has 41 heavy (non-hydrogen) atoms. The van der Waals surface area contributed by atoms with Gasteiger partial charge < -0.3 is 8.98 Å². The van der Waals surface area contributed by atoms with Gasteiger partial charge in [-0.15, -0.1) is 12.6 Å². The largest absolute Gasteiger partial charge is 0.454 e. The Hall–Kier alpha value is -4.94. The summed E-state index contributed by atoms with van der Waals surface area (Å²) in [4.78, 5) is 14.8. The smallest absolute Gasteiger partial charge is 0.153 e. The first-order valence-electron chi connectivity index (χ1n) is 13.5. The number of benzene rings is 3. The number of aromatic nitrogens is 3. The highest BCUT2D eigenvalue weighted by Gasteiger charge is 2.31. The van der Waals surface area contributed by atoms with Crippen molar-refractivity contribution in [3.05, 3.63) is 120 Å². The van der Waals surface area contributed by atoms with Gasteiger partial charge in [0.15, 0.2) is 5.58 Å². The lowest BCUT2D eigenvalue weighted by Crippen LogP contribution is -2.00. The van der Waals surface area contributed by atoms with Crippen LogP contribution in [0, 0.1) is 0 Å². The van der Waals surface area contributed by atoms with Crippen LogP contribution in [0.25, 0.3) is 56.0 Å². The van der Waals surface area contributed by atoms with Crippen molar-refractivity contribution in [1.82, 2.24) is 14.5 Å². The van der Waals surface area contributed by atoms with E-state index in [1.54, 1.807) is 6.20 Å². The van der Waals surface area contributed by atoms with Crippen LogP contribution in [-0.4, -0.2) is 21.3 Å². The summed E-state index contributed by atoms with van der Waals surface area (Å²) in [6.07, 6.45) is 7.79. The van der Waals surface area contributed by atoms with Crippen LogP contribution >= 0.6 is 12.6 Å². The third kappa shape index (κ3) is 3.47. The second kappa shape index (κ2) is 9.04. The molecule has 3 aromatic carbocycles. The molecular formula is C35H24N4OS. The molecule has 0 amide bonds. The molecule has 0 saturated heterocycles. The summed E-state index contributed by atoms with van der Waals surface area (Å²) in [7, 11) is 0. The average Bonchev–Trinajstić information content (AvgIpc) is 3.63. The number of furan rings is 1. The molecule has 4 heterocycles. The van der Waals surface area contributed by atoms with Crippen LogP contribution in [-0.2, 0) is 0 Å². The highest BCUT2D eigenvalue weighted by Crippen LogP contribution is 2.49. The minimum atomic E-state index is 0.0675. The predicted octanol–water partition coefficient (Wildman–Crippen LogP) is 9.13. The molecule has 8 rings (SSSR count). The van der Waals surface area contributed by atoms with Gasteiger partial charge in [-0.3, -0.25) is 15.0 Å². The molecule has 196 valence electrons. The van der Waals surface area contributed by atoms with Crippen molar-refractivity contribution >= 4 is 64.1 Å². The summed E-state index contributed by atoms with van der Waals surface area (Å²) in [6.45, 7) is 6.00. The molecule has 0 aliphatic heterocycles. The van der Waals surface area contributed by atoms with E-state index in [0.29, 0.717) is 0 Å². The van der Waals surface area contributed by atoms with E-state index in [9.17, 15) is 0 Å². The van der Waals surface area contributed by atoms with Crippen molar-refractivity contribution in [2.24, 2.45) is 4.99 Å². The van der Waals surface area contributed by atoms with Crippen molar-refractivity contribution in [1.29, 1.82) is 0 Å². The van der Waals surface area contributed by atoms with Gasteiger partial charge in [-0.1, -0.05) is 24.3 Å². The molecule has 0 radical (unpaired) electrons. The van der Waals surface area contributed by atoms with Crippen LogP contribution in [0.4, 0.5) is 5.69 Å². The highest BCUT2D eigenvalue weighted by molar-refractivity contribution is 7.80. The summed E-state index contributed by atoms with van der Waals surface area (Å²) >= 11 is 4.61. The minimum absolute atomic E-state index is 0.0675. The van der Waals surface area contributed by atoms with Crippen molar-refractivity contribution in [2.75, 3.05) is 0 Å². The molecule has 0 bridgehead atoms. The summed E-state index contributed by atoms with van der Waals surface area (Å²) < 4.78 is 8.29. The third-order valence-corrected chi connectivity index (χ3v) is 8.31. The Labute approximate surface area is 241 Å². The number of allylic oxidation sites excluding steroid dienone is 1. The monoisotopic (exact) mass is 548 g/mol. The molecule has 0 saturated carbocycles. The number of hydrogen-bond donors (Lipinski definition) is 1. The number of aliphatic imine (C=N–C) groups is 1. The molecule has 4 aromatic heterocycles. The van der Waals surface area contributed by atoms with Crippen LogP contribution in [0.15, 0.2) is 112 Å². The second-order valence-electron chi connectivity index (χ2n) is 10.3. The molecule has 1 atom stereocenters. The maximum absolute atomic E-state index is 6.05. The van der Waals surface area contributed by atoms with Gasteiger partial charge in [-0.2, -0.15) is 0 Å². The zero-order chi connectivity index (χ0) is 27.7. The van der Waals surface area contributed by atoms with Crippen molar-refractivity contribution < 1.29 is 4.42 Å². The molecule has 6 heteroatoms. The van der Waals surface area contributed by atoms with Gasteiger partial charge in [-0.25, -0.2) is 0 Å². The fourth-order valence-corrected chi connectivity index (χ4v) is 6.58. The van der Waals surface area contributed by atoms with Crippen molar-refractivity contribution in [3.8, 4) is 16.9 Å². The lowest BCUT2D eigenvalue weighted by molar-refractivity contribution is 0.668. The van der Waals surface area contributed by atoms with Gasteiger partial charge >= 0.3 is 0 Å². The Bertz CT molecular complexity index is 2220. The first-order chi connectivity index (χ1) is 20.2. The van der Waals surface area contributed by atoms with Crippen molar-refractivity contribution in [2.45, 2.75) is 17.7 Å². The summed E-state index contributed by atoms with van der Waals surface area (Å²) in [6, 6.07) is 27.3. The molecule has 0 N–H and O–H groups in total. The number of thiol groups is 1. The zero-order valence-corrected chi connectivity index (χ0v) is 23.1. The number of pyridine rings is 2. The lowest BCUT2D eigenvalue weighted by atomic mass is 9.89. The Morgan fingerprint density at radius 2 is 1.78 bits per heavy atom. The molecule has 0 spiro atoms. The van der Waals surface area contributed by atoms with E-state index in [0.717, 1.165) is 66.2 Å². The SMILES string of the molecule is C=Nc1c(/C=C\C)n(-c2ccc3oc4cccnc4c3c2)c2ccc(C3c4ccc(S)cc4-c4ncccc43)cc12. The average molecular weight is 549 g/mol. The van der Waals surface area contributed by atoms with Crippen LogP contribution in [0.1, 0.15) is 35.2 Å². The van der Waals surface area contributed by atoms with Crippen LogP contribution in [0.2, 0.25) is 0 Å². The van der Waals surface area contributed by atoms with Gasteiger partial charge in [0.2, 0.25) is 0 Å². The number of hydrogen-bond acceptors (Lipinski definition) is 5. The topological polar surface area (TPSA) is 56.2 Å². The van der Waals surface area contributed by atoms with Crippen LogP contribution in [0.3, 0.4) is 0 Å². The second-order valence-corrected chi connectivity index (χ2v) is 10.8. The lowest BCUT2D eigenvalue weighted by Gasteiger charge is -2.15. The minimum Gasteiger partial charge on any atom is -0.454 e. The molecule has 7 aromatic rings. The Morgan fingerprint density at radius 3 is 2.66 bits per heavy atom. The predicted molar refractivity (Wildman–Crippen MR) is 170 cm³/mol. The molecule has 1 aliphatic carbocycles. The fraction of sp³-hybridized carbons (Fsp3) is 0.0571. The first-order valence-corrected chi connectivity index (χ1v) is 13.9. The van der Waals surface area contributed by atoms with Crippen LogP contribution in [0.5, 0.6) is 0 Å². The van der Waals surface area contributed by atoms with E-state index < -0.39 is 0 Å². The number of rotatable bonds is 4. The van der Waals surface area contributed by atoms with E-state index in [2.05, 4.69) is 94.6 Å². The standard InChI is InChI=1S/C35H24N4OS/c1-3-6-29-34(36-2)26-17-20(32-23-12-11-22(41)19-25(23)33-24(32)7-4-15-37-33)9-13-28(26)39(29)21-10-14-30-27(18-21)35-31(40-30)8-5-16-38-35/h3-19,32,41H,2H2,1H3/b6-3-. The quantitative estimate of drug-likeness (QED) is 0.176. The van der Waals surface area contributed by atoms with Crippen molar-refractivity contribution in [3.63, 3.8) is 0 Å². The Morgan fingerprint density at radius 1 is 0.902 bits per heavy atom. The van der Waals surface area contributed by atoms with Crippen LogP contribution < -0.4 is 0 Å². The molecule has 0 fully saturated rings. The molecule has 1 aliphatic rings. The molecule has 1 unspecified atom stereocenters. The maximum atomic E-state index is 6.05. The molecule has 5 nitrogen and oxygen atoms in total. The van der Waals surface area contributed by atoms with E-state index in [4.69, 9.17) is 9.40 Å². The first kappa shape index (κ1) is 23.9. The molecular weight excluding hydrogens is 524 g/mol. The van der Waals surface area contributed by atoms with E-state index in [1.807, 2.05) is 43.5 Å². The normalized spacial score (nSPS) is 14.3. The Balaban J connectivity index is 1.37. The van der Waals surface area contributed by atoms with E-state index in [1.165, 1.54) is 16.7 Å². The maximum Gasteiger partial charge on any atom is 0.153 e. The van der Waals surface area contributed by atoms with E-state index in [-0.39, 0.29) is 5.92 Å². The number of nitrogens with zero attached hydrogens (tertiary/aromatic N) is 4. The fourth-order valence-electron chi connectivity index (χ4n) is 6.38. The zero-order valence-electron chi connectivity index (χ0n) is 22.2.